The molecule has 0 radical (unpaired) electrons. The smallest absolute Gasteiger partial charge is 0.121 e. The van der Waals surface area contributed by atoms with E-state index in [1.807, 2.05) is 0 Å². The summed E-state index contributed by atoms with van der Waals surface area (Å²) in [4.78, 5) is 0. The van der Waals surface area contributed by atoms with Gasteiger partial charge in [-0.15, -0.1) is 0 Å². The van der Waals surface area contributed by atoms with Crippen LogP contribution in [0, 0.1) is 5.41 Å². The second-order valence-corrected chi connectivity index (χ2v) is 7.47. The van der Waals surface area contributed by atoms with Crippen molar-refractivity contribution in [2.75, 3.05) is 0 Å². The van der Waals surface area contributed by atoms with E-state index in [9.17, 15) is 5.11 Å². The van der Waals surface area contributed by atoms with Gasteiger partial charge in [0, 0.05) is 0 Å². The van der Waals surface area contributed by atoms with E-state index < -0.39 is 0 Å². The lowest BCUT2D eigenvalue weighted by Crippen LogP contribution is -2.25. The van der Waals surface area contributed by atoms with Crippen molar-refractivity contribution in [3.05, 3.63) is 28.8 Å². The Kier molecular flexibility index (Phi) is 4.71. The van der Waals surface area contributed by atoms with Gasteiger partial charge in [0.2, 0.25) is 0 Å². The normalized spacial score (nSPS) is 12.8. The third-order valence-electron chi connectivity index (χ3n) is 3.78. The molecule has 108 valence electrons. The zero-order chi connectivity index (χ0) is 14.8. The summed E-state index contributed by atoms with van der Waals surface area (Å²) in [6, 6.07) is 4.39. The number of aromatic hydroxyl groups is 1. The Hall–Kier alpha value is -0.980. The predicted octanol–water partition coefficient (Wildman–Crippen LogP) is 5.23. The Bertz CT molecular complexity index is 410. The van der Waals surface area contributed by atoms with E-state index in [-0.39, 0.29) is 5.41 Å². The minimum atomic E-state index is 0.139. The molecule has 1 aromatic rings. The minimum absolute atomic E-state index is 0.139. The summed E-state index contributed by atoms with van der Waals surface area (Å²) in [6.07, 6.45) is 2.91. The number of hydrogen-bond donors (Lipinski definition) is 1. The summed E-state index contributed by atoms with van der Waals surface area (Å²) in [6.45, 7) is 15.7. The van der Waals surface area contributed by atoms with Gasteiger partial charge in [0.05, 0.1) is 0 Å². The van der Waals surface area contributed by atoms with Gasteiger partial charge in [0.25, 0.3) is 0 Å². The van der Waals surface area contributed by atoms with Gasteiger partial charge in [0.15, 0.2) is 0 Å². The molecule has 0 unspecified atom stereocenters. The molecule has 0 bridgehead atoms. The first-order valence-electron chi connectivity index (χ1n) is 7.46. The molecular weight excluding hydrogens is 232 g/mol. The summed E-state index contributed by atoms with van der Waals surface area (Å²) < 4.78 is 0. The van der Waals surface area contributed by atoms with Crippen LogP contribution in [-0.4, -0.2) is 5.11 Å². The number of aryl methyl sites for hydroxylation is 2. The Morgan fingerprint density at radius 2 is 1.32 bits per heavy atom. The highest BCUT2D eigenvalue weighted by Gasteiger charge is 2.28. The number of phenolic OH excluding ortho intramolecular Hbond substituents is 1. The van der Waals surface area contributed by atoms with E-state index in [0.29, 0.717) is 11.2 Å². The van der Waals surface area contributed by atoms with Gasteiger partial charge in [-0.2, -0.15) is 0 Å². The van der Waals surface area contributed by atoms with Crippen LogP contribution in [0.5, 0.6) is 5.75 Å². The highest BCUT2D eigenvalue weighted by Crippen LogP contribution is 2.39. The lowest BCUT2D eigenvalue weighted by Gasteiger charge is -2.33. The van der Waals surface area contributed by atoms with Crippen LogP contribution in [-0.2, 0) is 18.3 Å². The van der Waals surface area contributed by atoms with E-state index in [4.69, 9.17) is 0 Å². The predicted molar refractivity (Wildman–Crippen MR) is 84.0 cm³/mol. The van der Waals surface area contributed by atoms with Gasteiger partial charge < -0.3 is 5.11 Å². The van der Waals surface area contributed by atoms with E-state index in [1.165, 1.54) is 5.56 Å². The highest BCUT2D eigenvalue weighted by molar-refractivity contribution is 5.46. The number of hydrogen-bond acceptors (Lipinski definition) is 1. The molecule has 0 heterocycles. The van der Waals surface area contributed by atoms with Gasteiger partial charge >= 0.3 is 0 Å². The van der Waals surface area contributed by atoms with Gasteiger partial charge in [-0.25, -0.2) is 0 Å². The van der Waals surface area contributed by atoms with Crippen molar-refractivity contribution >= 4 is 0 Å². The van der Waals surface area contributed by atoms with E-state index in [1.54, 1.807) is 0 Å². The molecule has 0 aliphatic carbocycles. The molecule has 1 nitrogen and oxygen atoms in total. The molecule has 1 rings (SSSR count). The molecule has 0 fully saturated rings. The number of phenols is 1. The van der Waals surface area contributed by atoms with Gasteiger partial charge in [-0.1, -0.05) is 60.6 Å². The van der Waals surface area contributed by atoms with Gasteiger partial charge in [-0.3, -0.25) is 0 Å². The molecule has 0 aliphatic rings. The molecular formula is C18H30O. The van der Waals surface area contributed by atoms with Crippen LogP contribution in [0.25, 0.3) is 0 Å². The third kappa shape index (κ3) is 3.99. The Morgan fingerprint density at radius 1 is 0.895 bits per heavy atom. The fourth-order valence-corrected chi connectivity index (χ4v) is 3.12. The first-order chi connectivity index (χ1) is 8.60. The number of rotatable bonds is 4. The Labute approximate surface area is 119 Å². The molecule has 0 aliphatic heterocycles. The second-order valence-electron chi connectivity index (χ2n) is 7.47. The van der Waals surface area contributed by atoms with E-state index in [2.05, 4.69) is 60.6 Å². The van der Waals surface area contributed by atoms with Crippen molar-refractivity contribution in [1.82, 2.24) is 0 Å². The molecule has 1 aromatic carbocycles. The molecule has 19 heavy (non-hydrogen) atoms. The lowest BCUT2D eigenvalue weighted by molar-refractivity contribution is 0.283. The van der Waals surface area contributed by atoms with Gasteiger partial charge in [0.1, 0.15) is 5.75 Å². The molecule has 1 N–H and O–H groups in total. The average molecular weight is 262 g/mol. The molecule has 0 amide bonds. The maximum atomic E-state index is 10.2. The van der Waals surface area contributed by atoms with Crippen LogP contribution in [0.3, 0.4) is 0 Å². The first kappa shape index (κ1) is 16.1. The maximum absolute atomic E-state index is 10.2. The Balaban J connectivity index is 3.26. The van der Waals surface area contributed by atoms with Crippen LogP contribution in [0.15, 0.2) is 12.1 Å². The van der Waals surface area contributed by atoms with Crippen molar-refractivity contribution in [2.24, 2.45) is 5.41 Å². The van der Waals surface area contributed by atoms with Crippen LogP contribution in [0.2, 0.25) is 0 Å². The molecule has 0 spiro atoms. The monoisotopic (exact) mass is 262 g/mol. The quantitative estimate of drug-likeness (QED) is 0.787. The third-order valence-corrected chi connectivity index (χ3v) is 3.78. The van der Waals surface area contributed by atoms with Crippen molar-refractivity contribution in [2.45, 2.75) is 73.1 Å². The van der Waals surface area contributed by atoms with E-state index in [0.717, 1.165) is 30.4 Å². The van der Waals surface area contributed by atoms with Crippen LogP contribution in [0.1, 0.15) is 71.6 Å². The summed E-state index contributed by atoms with van der Waals surface area (Å²) >= 11 is 0. The van der Waals surface area contributed by atoms with Crippen molar-refractivity contribution < 1.29 is 5.11 Å². The molecule has 0 saturated heterocycles. The second kappa shape index (κ2) is 5.56. The molecule has 0 atom stereocenters. The standard InChI is InChI=1S/C18H30O/c1-8-13-10-15(11-14(9-2)16(13)19)18(6,7)12-17(3,4)5/h10-11,19H,8-9,12H2,1-7H3. The van der Waals surface area contributed by atoms with Crippen LogP contribution in [0.4, 0.5) is 0 Å². The summed E-state index contributed by atoms with van der Waals surface area (Å²) in [5, 5.41) is 10.2. The largest absolute Gasteiger partial charge is 0.507 e. The topological polar surface area (TPSA) is 20.2 Å². The Morgan fingerprint density at radius 3 is 1.63 bits per heavy atom. The van der Waals surface area contributed by atoms with Gasteiger partial charge in [-0.05, 0) is 46.8 Å². The summed E-state index contributed by atoms with van der Waals surface area (Å²) in [7, 11) is 0. The summed E-state index contributed by atoms with van der Waals surface area (Å²) in [5.41, 5.74) is 3.96. The molecule has 1 heteroatoms. The minimum Gasteiger partial charge on any atom is -0.507 e. The zero-order valence-corrected chi connectivity index (χ0v) is 13.7. The average Bonchev–Trinajstić information content (AvgIpc) is 2.25. The number of benzene rings is 1. The van der Waals surface area contributed by atoms with Crippen LogP contribution < -0.4 is 0 Å². The lowest BCUT2D eigenvalue weighted by atomic mass is 9.71. The first-order valence-corrected chi connectivity index (χ1v) is 7.46. The zero-order valence-electron chi connectivity index (χ0n) is 13.7. The molecule has 0 saturated carbocycles. The highest BCUT2D eigenvalue weighted by atomic mass is 16.3. The molecule has 0 aromatic heterocycles. The van der Waals surface area contributed by atoms with Crippen LogP contribution >= 0.6 is 0 Å². The maximum Gasteiger partial charge on any atom is 0.121 e. The van der Waals surface area contributed by atoms with Crippen molar-refractivity contribution in [3.63, 3.8) is 0 Å². The fraction of sp³-hybridized carbons (Fsp3) is 0.667. The SMILES string of the molecule is CCc1cc(C(C)(C)CC(C)(C)C)cc(CC)c1O. The van der Waals surface area contributed by atoms with E-state index >= 15 is 0 Å². The van der Waals surface area contributed by atoms with Crippen molar-refractivity contribution in [3.8, 4) is 5.75 Å². The fourth-order valence-electron chi connectivity index (χ4n) is 3.12. The summed E-state index contributed by atoms with van der Waals surface area (Å²) in [5.74, 6) is 0.500. The van der Waals surface area contributed by atoms with Crippen molar-refractivity contribution in [1.29, 1.82) is 0 Å².